The van der Waals surface area contributed by atoms with Crippen LogP contribution in [0.5, 0.6) is 0 Å². The second-order valence-electron chi connectivity index (χ2n) is 4.67. The van der Waals surface area contributed by atoms with Gasteiger partial charge in [-0.3, -0.25) is 0 Å². The standard InChI is InChI=1S/C8H16.C6H5F.C2H6/c1-3-8(2)6-4-5-7-8;7-6-4-2-1-3-5-6;1-2/h3-7H2,1-2H3;1-5H;1-2H3. The lowest BCUT2D eigenvalue weighted by molar-refractivity contribution is 0.323. The molecular weight excluding hydrogens is 211 g/mol. The molecule has 1 aliphatic rings. The summed E-state index contributed by atoms with van der Waals surface area (Å²) in [6.07, 6.45) is 7.29. The molecule has 98 valence electrons. The fraction of sp³-hybridized carbons (Fsp3) is 0.625. The van der Waals surface area contributed by atoms with Gasteiger partial charge in [0.15, 0.2) is 0 Å². The smallest absolute Gasteiger partial charge is 0.123 e. The monoisotopic (exact) mass is 238 g/mol. The van der Waals surface area contributed by atoms with Crippen molar-refractivity contribution in [3.8, 4) is 0 Å². The van der Waals surface area contributed by atoms with Gasteiger partial charge in [0, 0.05) is 0 Å². The normalized spacial score (nSPS) is 16.3. The van der Waals surface area contributed by atoms with Crippen molar-refractivity contribution < 1.29 is 4.39 Å². The molecule has 1 aliphatic carbocycles. The van der Waals surface area contributed by atoms with Crippen molar-refractivity contribution in [3.05, 3.63) is 36.1 Å². The summed E-state index contributed by atoms with van der Waals surface area (Å²) in [6.45, 7) is 8.73. The van der Waals surface area contributed by atoms with E-state index in [0.717, 1.165) is 5.41 Å². The zero-order chi connectivity index (χ0) is 13.1. The van der Waals surface area contributed by atoms with E-state index >= 15 is 0 Å². The Morgan fingerprint density at radius 1 is 1.06 bits per heavy atom. The fourth-order valence-corrected chi connectivity index (χ4v) is 2.00. The van der Waals surface area contributed by atoms with Crippen molar-refractivity contribution in [1.82, 2.24) is 0 Å². The molecule has 0 unspecified atom stereocenters. The average molecular weight is 238 g/mol. The van der Waals surface area contributed by atoms with Crippen LogP contribution in [-0.2, 0) is 0 Å². The highest BCUT2D eigenvalue weighted by atomic mass is 19.1. The van der Waals surface area contributed by atoms with Crippen LogP contribution in [0.2, 0.25) is 0 Å². The Morgan fingerprint density at radius 2 is 1.53 bits per heavy atom. The summed E-state index contributed by atoms with van der Waals surface area (Å²) in [6, 6.07) is 7.94. The Bertz CT molecular complexity index is 260. The predicted octanol–water partition coefficient (Wildman–Crippen LogP) is 5.83. The zero-order valence-corrected chi connectivity index (χ0v) is 11.8. The number of rotatable bonds is 1. The van der Waals surface area contributed by atoms with Gasteiger partial charge in [-0.15, -0.1) is 0 Å². The van der Waals surface area contributed by atoms with Crippen LogP contribution in [-0.4, -0.2) is 0 Å². The lowest BCUT2D eigenvalue weighted by Gasteiger charge is -2.19. The first-order valence-corrected chi connectivity index (χ1v) is 6.87. The first-order valence-electron chi connectivity index (χ1n) is 6.87. The molecular formula is C16H27F. The summed E-state index contributed by atoms with van der Waals surface area (Å²) < 4.78 is 11.9. The predicted molar refractivity (Wildman–Crippen MR) is 74.6 cm³/mol. The van der Waals surface area contributed by atoms with E-state index in [1.54, 1.807) is 18.2 Å². The molecule has 1 fully saturated rings. The van der Waals surface area contributed by atoms with Crippen LogP contribution in [0, 0.1) is 11.2 Å². The minimum absolute atomic E-state index is 0.178. The number of halogens is 1. The zero-order valence-electron chi connectivity index (χ0n) is 11.8. The van der Waals surface area contributed by atoms with Crippen LogP contribution in [0.1, 0.15) is 59.8 Å². The van der Waals surface area contributed by atoms with Gasteiger partial charge in [-0.1, -0.05) is 65.2 Å². The molecule has 0 saturated heterocycles. The van der Waals surface area contributed by atoms with Crippen LogP contribution >= 0.6 is 0 Å². The Kier molecular flexibility index (Phi) is 8.75. The van der Waals surface area contributed by atoms with Crippen LogP contribution in [0.25, 0.3) is 0 Å². The van der Waals surface area contributed by atoms with E-state index in [4.69, 9.17) is 0 Å². The minimum Gasteiger partial charge on any atom is -0.207 e. The Labute approximate surface area is 106 Å². The molecule has 0 nitrogen and oxygen atoms in total. The molecule has 0 atom stereocenters. The van der Waals surface area contributed by atoms with E-state index < -0.39 is 0 Å². The third-order valence-electron chi connectivity index (χ3n) is 3.40. The fourth-order valence-electron chi connectivity index (χ4n) is 2.00. The van der Waals surface area contributed by atoms with Gasteiger partial charge < -0.3 is 0 Å². The number of hydrogen-bond acceptors (Lipinski definition) is 0. The summed E-state index contributed by atoms with van der Waals surface area (Å²) in [7, 11) is 0. The van der Waals surface area contributed by atoms with Gasteiger partial charge in [0.05, 0.1) is 0 Å². The molecule has 17 heavy (non-hydrogen) atoms. The summed E-state index contributed by atoms with van der Waals surface area (Å²) in [5.74, 6) is -0.178. The maximum absolute atomic E-state index is 11.9. The first kappa shape index (κ1) is 16.1. The molecule has 0 amide bonds. The quantitative estimate of drug-likeness (QED) is 0.577. The lowest BCUT2D eigenvalue weighted by atomic mass is 9.86. The third-order valence-corrected chi connectivity index (χ3v) is 3.40. The van der Waals surface area contributed by atoms with Gasteiger partial charge in [0.1, 0.15) is 5.82 Å². The molecule has 1 aromatic rings. The highest BCUT2D eigenvalue weighted by Gasteiger charge is 2.25. The van der Waals surface area contributed by atoms with Crippen LogP contribution in [0.3, 0.4) is 0 Å². The van der Waals surface area contributed by atoms with Crippen LogP contribution < -0.4 is 0 Å². The third kappa shape index (κ3) is 7.14. The molecule has 0 heterocycles. The highest BCUT2D eigenvalue weighted by Crippen LogP contribution is 2.39. The minimum atomic E-state index is -0.178. The Balaban J connectivity index is 0.000000265. The van der Waals surface area contributed by atoms with Crippen molar-refractivity contribution in [2.24, 2.45) is 5.41 Å². The maximum atomic E-state index is 11.9. The van der Waals surface area contributed by atoms with Gasteiger partial charge in [0.2, 0.25) is 0 Å². The molecule has 0 aromatic heterocycles. The van der Waals surface area contributed by atoms with Crippen LogP contribution in [0.15, 0.2) is 30.3 Å². The highest BCUT2D eigenvalue weighted by molar-refractivity contribution is 5.02. The maximum Gasteiger partial charge on any atom is 0.123 e. The topological polar surface area (TPSA) is 0 Å². The van der Waals surface area contributed by atoms with Gasteiger partial charge in [-0.25, -0.2) is 4.39 Å². The number of hydrogen-bond donors (Lipinski definition) is 0. The molecule has 1 heteroatoms. The second kappa shape index (κ2) is 9.21. The molecule has 0 radical (unpaired) electrons. The molecule has 0 bridgehead atoms. The molecule has 0 aliphatic heterocycles. The van der Waals surface area contributed by atoms with Gasteiger partial charge in [-0.05, 0) is 30.4 Å². The largest absolute Gasteiger partial charge is 0.207 e. The second-order valence-corrected chi connectivity index (χ2v) is 4.67. The van der Waals surface area contributed by atoms with Crippen molar-refractivity contribution >= 4 is 0 Å². The van der Waals surface area contributed by atoms with Crippen molar-refractivity contribution in [2.75, 3.05) is 0 Å². The van der Waals surface area contributed by atoms with Crippen LogP contribution in [0.4, 0.5) is 4.39 Å². The van der Waals surface area contributed by atoms with E-state index in [1.165, 1.54) is 44.2 Å². The van der Waals surface area contributed by atoms with Gasteiger partial charge in [-0.2, -0.15) is 0 Å². The van der Waals surface area contributed by atoms with Crippen molar-refractivity contribution in [2.45, 2.75) is 59.8 Å². The molecule has 1 saturated carbocycles. The van der Waals surface area contributed by atoms with E-state index in [2.05, 4.69) is 13.8 Å². The summed E-state index contributed by atoms with van der Waals surface area (Å²) in [5, 5.41) is 0. The molecule has 2 rings (SSSR count). The van der Waals surface area contributed by atoms with Gasteiger partial charge in [0.25, 0.3) is 0 Å². The summed E-state index contributed by atoms with van der Waals surface area (Å²) in [4.78, 5) is 0. The van der Waals surface area contributed by atoms with E-state index in [9.17, 15) is 4.39 Å². The van der Waals surface area contributed by atoms with Gasteiger partial charge >= 0.3 is 0 Å². The van der Waals surface area contributed by atoms with E-state index in [-0.39, 0.29) is 5.82 Å². The molecule has 0 spiro atoms. The summed E-state index contributed by atoms with van der Waals surface area (Å²) >= 11 is 0. The molecule has 1 aromatic carbocycles. The van der Waals surface area contributed by atoms with Crippen molar-refractivity contribution in [3.63, 3.8) is 0 Å². The first-order chi connectivity index (χ1) is 8.16. The SMILES string of the molecule is CC.CCC1(C)CCCC1.Fc1ccccc1. The van der Waals surface area contributed by atoms with E-state index in [1.807, 2.05) is 13.8 Å². The van der Waals surface area contributed by atoms with E-state index in [0.29, 0.717) is 0 Å². The van der Waals surface area contributed by atoms with Crippen molar-refractivity contribution in [1.29, 1.82) is 0 Å². The molecule has 0 N–H and O–H groups in total. The average Bonchev–Trinajstić information content (AvgIpc) is 2.81. The lowest BCUT2D eigenvalue weighted by Crippen LogP contribution is -2.07. The summed E-state index contributed by atoms with van der Waals surface area (Å²) in [5.41, 5.74) is 0.736. The Morgan fingerprint density at radius 3 is 1.76 bits per heavy atom. The Hall–Kier alpha value is -0.850. The number of benzene rings is 1.